The highest BCUT2D eigenvalue weighted by atomic mass is 16.2. The van der Waals surface area contributed by atoms with Crippen molar-refractivity contribution < 1.29 is 9.59 Å². The second-order valence-corrected chi connectivity index (χ2v) is 5.31. The van der Waals surface area contributed by atoms with E-state index in [1.165, 1.54) is 32.1 Å². The van der Waals surface area contributed by atoms with Crippen LogP contribution in [-0.2, 0) is 9.59 Å². The van der Waals surface area contributed by atoms with Gasteiger partial charge in [-0.3, -0.25) is 9.59 Å². The van der Waals surface area contributed by atoms with E-state index in [2.05, 4.69) is 5.32 Å². The molecular weight excluding hydrogens is 204 g/mol. The second kappa shape index (κ2) is 4.07. The average Bonchev–Trinajstić information content (AvgIpc) is 2.93. The zero-order valence-corrected chi connectivity index (χ0v) is 9.79. The van der Waals surface area contributed by atoms with Crippen LogP contribution in [0.15, 0.2) is 0 Å². The van der Waals surface area contributed by atoms with Crippen molar-refractivity contribution >= 4 is 11.8 Å². The number of nitrogens with one attached hydrogen (secondary N) is 1. The van der Waals surface area contributed by atoms with Crippen LogP contribution in [0.1, 0.15) is 45.4 Å². The van der Waals surface area contributed by atoms with Gasteiger partial charge in [0, 0.05) is 5.92 Å². The van der Waals surface area contributed by atoms with E-state index < -0.39 is 11.9 Å². The molecule has 3 N–H and O–H groups in total. The van der Waals surface area contributed by atoms with Crippen molar-refractivity contribution in [3.63, 3.8) is 0 Å². The first-order valence-electron chi connectivity index (χ1n) is 6.15. The maximum absolute atomic E-state index is 11.9. The Labute approximate surface area is 96.0 Å². The molecule has 0 aromatic carbocycles. The van der Waals surface area contributed by atoms with Gasteiger partial charge in [0.25, 0.3) is 0 Å². The largest absolute Gasteiger partial charge is 0.368 e. The van der Waals surface area contributed by atoms with Crippen molar-refractivity contribution in [2.75, 3.05) is 0 Å². The third kappa shape index (κ3) is 2.06. The van der Waals surface area contributed by atoms with Gasteiger partial charge in [-0.15, -0.1) is 0 Å². The van der Waals surface area contributed by atoms with Gasteiger partial charge in [0.1, 0.15) is 6.04 Å². The molecule has 2 aliphatic carbocycles. The number of carbonyl (C=O) groups excluding carboxylic acids is 2. The van der Waals surface area contributed by atoms with E-state index in [1.54, 1.807) is 6.92 Å². The molecule has 16 heavy (non-hydrogen) atoms. The molecule has 0 aliphatic heterocycles. The molecule has 2 saturated carbocycles. The monoisotopic (exact) mass is 224 g/mol. The lowest BCUT2D eigenvalue weighted by molar-refractivity contribution is -0.128. The minimum Gasteiger partial charge on any atom is -0.368 e. The van der Waals surface area contributed by atoms with Crippen molar-refractivity contribution in [2.24, 2.45) is 17.1 Å². The molecule has 1 unspecified atom stereocenters. The van der Waals surface area contributed by atoms with Crippen LogP contribution < -0.4 is 11.1 Å². The Morgan fingerprint density at radius 3 is 2.50 bits per heavy atom. The number of primary amides is 1. The van der Waals surface area contributed by atoms with Crippen molar-refractivity contribution in [1.82, 2.24) is 5.32 Å². The summed E-state index contributed by atoms with van der Waals surface area (Å²) in [5, 5.41) is 2.70. The summed E-state index contributed by atoms with van der Waals surface area (Å²) in [6.07, 6.45) is 7.15. The summed E-state index contributed by atoms with van der Waals surface area (Å²) in [6.45, 7) is 1.64. The Balaban J connectivity index is 1.86. The molecule has 2 fully saturated rings. The van der Waals surface area contributed by atoms with Gasteiger partial charge in [0.05, 0.1) is 0 Å². The molecule has 2 rings (SSSR count). The standard InChI is InChI=1S/C12H20N2O2/c1-8(10(13)15)14-11(16)9-7-12(9)5-3-2-4-6-12/h8-9H,2-7H2,1H3,(H2,13,15)(H,14,16)/t8-,9?/m1/s1. The van der Waals surface area contributed by atoms with Crippen molar-refractivity contribution in [3.05, 3.63) is 0 Å². The fraction of sp³-hybridized carbons (Fsp3) is 0.833. The molecular formula is C12H20N2O2. The molecule has 0 saturated heterocycles. The van der Waals surface area contributed by atoms with Crippen molar-refractivity contribution in [1.29, 1.82) is 0 Å². The van der Waals surface area contributed by atoms with Crippen molar-refractivity contribution in [2.45, 2.75) is 51.5 Å². The summed E-state index contributed by atoms with van der Waals surface area (Å²) in [4.78, 5) is 22.7. The Morgan fingerprint density at radius 1 is 1.31 bits per heavy atom. The lowest BCUT2D eigenvalue weighted by Gasteiger charge is -2.22. The third-order valence-corrected chi connectivity index (χ3v) is 4.14. The Kier molecular flexibility index (Phi) is 2.91. The quantitative estimate of drug-likeness (QED) is 0.749. The molecule has 0 heterocycles. The van der Waals surface area contributed by atoms with E-state index in [0.717, 1.165) is 6.42 Å². The number of hydrogen-bond acceptors (Lipinski definition) is 2. The minimum absolute atomic E-state index is 0.0215. The molecule has 2 atom stereocenters. The molecule has 0 bridgehead atoms. The molecule has 90 valence electrons. The van der Waals surface area contributed by atoms with E-state index in [1.807, 2.05) is 0 Å². The average molecular weight is 224 g/mol. The van der Waals surface area contributed by atoms with Crippen molar-refractivity contribution in [3.8, 4) is 0 Å². The lowest BCUT2D eigenvalue weighted by atomic mass is 9.84. The molecule has 0 aromatic heterocycles. The molecule has 0 radical (unpaired) electrons. The van der Waals surface area contributed by atoms with Crippen LogP contribution >= 0.6 is 0 Å². The highest BCUT2D eigenvalue weighted by Crippen LogP contribution is 2.61. The van der Waals surface area contributed by atoms with Gasteiger partial charge >= 0.3 is 0 Å². The zero-order valence-electron chi connectivity index (χ0n) is 9.79. The van der Waals surface area contributed by atoms with Crippen LogP contribution in [-0.4, -0.2) is 17.9 Å². The summed E-state index contributed by atoms with van der Waals surface area (Å²) in [5.74, 6) is -0.311. The van der Waals surface area contributed by atoms with Gasteiger partial charge in [-0.05, 0) is 31.6 Å². The highest BCUT2D eigenvalue weighted by Gasteiger charge is 2.57. The fourth-order valence-corrected chi connectivity index (χ4v) is 2.91. The van der Waals surface area contributed by atoms with Gasteiger partial charge in [-0.2, -0.15) is 0 Å². The van der Waals surface area contributed by atoms with Gasteiger partial charge in [-0.1, -0.05) is 19.3 Å². The maximum Gasteiger partial charge on any atom is 0.239 e. The summed E-state index contributed by atoms with van der Waals surface area (Å²) < 4.78 is 0. The van der Waals surface area contributed by atoms with Crippen LogP contribution in [0.25, 0.3) is 0 Å². The number of nitrogens with two attached hydrogens (primary N) is 1. The Morgan fingerprint density at radius 2 is 1.94 bits per heavy atom. The first-order valence-corrected chi connectivity index (χ1v) is 6.15. The van der Waals surface area contributed by atoms with Crippen LogP contribution in [0.4, 0.5) is 0 Å². The minimum atomic E-state index is -0.547. The van der Waals surface area contributed by atoms with Gasteiger partial charge in [-0.25, -0.2) is 0 Å². The molecule has 0 aromatic rings. The Bertz CT molecular complexity index is 308. The third-order valence-electron chi connectivity index (χ3n) is 4.14. The van der Waals surface area contributed by atoms with Gasteiger partial charge in [0.2, 0.25) is 11.8 Å². The maximum atomic E-state index is 11.9. The second-order valence-electron chi connectivity index (χ2n) is 5.31. The van der Waals surface area contributed by atoms with Gasteiger partial charge < -0.3 is 11.1 Å². The lowest BCUT2D eigenvalue weighted by Crippen LogP contribution is -2.43. The summed E-state index contributed by atoms with van der Waals surface area (Å²) in [7, 11) is 0. The fourth-order valence-electron chi connectivity index (χ4n) is 2.91. The zero-order chi connectivity index (χ0) is 11.8. The predicted molar refractivity (Wildman–Crippen MR) is 60.4 cm³/mol. The number of rotatable bonds is 3. The van der Waals surface area contributed by atoms with Gasteiger partial charge in [0.15, 0.2) is 0 Å². The van der Waals surface area contributed by atoms with Crippen LogP contribution in [0, 0.1) is 11.3 Å². The van der Waals surface area contributed by atoms with E-state index in [0.29, 0.717) is 0 Å². The SMILES string of the molecule is C[C@@H](NC(=O)C1CC12CCCCC2)C(N)=O. The van der Waals surface area contributed by atoms with E-state index in [-0.39, 0.29) is 17.2 Å². The topological polar surface area (TPSA) is 72.2 Å². The molecule has 2 amide bonds. The normalized spacial score (nSPS) is 28.4. The summed E-state index contributed by atoms with van der Waals surface area (Å²) >= 11 is 0. The number of hydrogen-bond donors (Lipinski definition) is 2. The van der Waals surface area contributed by atoms with E-state index in [4.69, 9.17) is 5.73 Å². The summed E-state index contributed by atoms with van der Waals surface area (Å²) in [5.41, 5.74) is 5.40. The van der Waals surface area contributed by atoms with E-state index in [9.17, 15) is 9.59 Å². The highest BCUT2D eigenvalue weighted by molar-refractivity contribution is 5.89. The van der Waals surface area contributed by atoms with E-state index >= 15 is 0 Å². The first-order chi connectivity index (χ1) is 7.55. The smallest absolute Gasteiger partial charge is 0.239 e. The molecule has 2 aliphatic rings. The van der Waals surface area contributed by atoms with Crippen LogP contribution in [0.3, 0.4) is 0 Å². The Hall–Kier alpha value is -1.06. The molecule has 1 spiro atoms. The number of carbonyl (C=O) groups is 2. The van der Waals surface area contributed by atoms with Crippen LogP contribution in [0.2, 0.25) is 0 Å². The molecule has 4 heteroatoms. The van der Waals surface area contributed by atoms with Crippen LogP contribution in [0.5, 0.6) is 0 Å². The first kappa shape index (κ1) is 11.4. The summed E-state index contributed by atoms with van der Waals surface area (Å²) in [6, 6.07) is -0.547. The molecule has 4 nitrogen and oxygen atoms in total. The predicted octanol–water partition coefficient (Wildman–Crippen LogP) is 0.947. The number of amides is 2.